The van der Waals surface area contributed by atoms with Gasteiger partial charge in [-0.15, -0.1) is 0 Å². The van der Waals surface area contributed by atoms with Crippen LogP contribution in [-0.2, 0) is 10.0 Å². The highest BCUT2D eigenvalue weighted by Gasteiger charge is 2.46. The van der Waals surface area contributed by atoms with Crippen LogP contribution in [0, 0.1) is 0 Å². The smallest absolute Gasteiger partial charge is 0.243 e. The quantitative estimate of drug-likeness (QED) is 0.825. The molecule has 2 aliphatic rings. The number of rotatable bonds is 5. The van der Waals surface area contributed by atoms with E-state index in [-0.39, 0.29) is 12.1 Å². The molecule has 0 aliphatic carbocycles. The van der Waals surface area contributed by atoms with E-state index in [4.69, 9.17) is 4.74 Å². The van der Waals surface area contributed by atoms with E-state index in [2.05, 4.69) is 6.26 Å². The molecule has 0 saturated carbocycles. The van der Waals surface area contributed by atoms with Crippen LogP contribution in [0.4, 0.5) is 0 Å². The van der Waals surface area contributed by atoms with Crippen LogP contribution >= 0.6 is 11.8 Å². The largest absolute Gasteiger partial charge is 0.494 e. The van der Waals surface area contributed by atoms with Gasteiger partial charge in [-0.3, -0.25) is 0 Å². The summed E-state index contributed by atoms with van der Waals surface area (Å²) in [6.45, 7) is 2.50. The minimum Gasteiger partial charge on any atom is -0.494 e. The first-order chi connectivity index (χ1) is 10.6. The van der Waals surface area contributed by atoms with Crippen molar-refractivity contribution in [1.29, 1.82) is 0 Å². The highest BCUT2D eigenvalue weighted by atomic mass is 32.2. The first-order valence-corrected chi connectivity index (χ1v) is 10.6. The normalized spacial score (nSPS) is 28.7. The Morgan fingerprint density at radius 2 is 1.77 bits per heavy atom. The molecule has 22 heavy (non-hydrogen) atoms. The zero-order valence-corrected chi connectivity index (χ0v) is 14.7. The SMILES string of the molecule is CCOc1ccc(S(=O)(=O)N2C3CCC2CC(SC)C3)cc1. The second-order valence-electron chi connectivity index (χ2n) is 5.95. The van der Waals surface area contributed by atoms with Crippen LogP contribution in [0.1, 0.15) is 32.6 Å². The van der Waals surface area contributed by atoms with E-state index in [1.807, 2.05) is 18.7 Å². The summed E-state index contributed by atoms with van der Waals surface area (Å²) in [5.74, 6) is 0.713. The monoisotopic (exact) mass is 341 g/mol. The summed E-state index contributed by atoms with van der Waals surface area (Å²) in [7, 11) is -3.39. The molecule has 0 aromatic heterocycles. The number of hydrogen-bond donors (Lipinski definition) is 0. The topological polar surface area (TPSA) is 46.6 Å². The van der Waals surface area contributed by atoms with E-state index >= 15 is 0 Å². The van der Waals surface area contributed by atoms with E-state index in [1.165, 1.54) is 0 Å². The third-order valence-electron chi connectivity index (χ3n) is 4.67. The molecule has 2 atom stereocenters. The van der Waals surface area contributed by atoms with E-state index < -0.39 is 10.0 Å². The molecular weight excluding hydrogens is 318 g/mol. The van der Waals surface area contributed by atoms with Gasteiger partial charge in [0.25, 0.3) is 0 Å². The van der Waals surface area contributed by atoms with Gasteiger partial charge in [-0.05, 0) is 63.1 Å². The van der Waals surface area contributed by atoms with E-state index in [0.29, 0.717) is 22.5 Å². The number of hydrogen-bond acceptors (Lipinski definition) is 4. The predicted octanol–water partition coefficient (Wildman–Crippen LogP) is 3.13. The van der Waals surface area contributed by atoms with Gasteiger partial charge in [0.1, 0.15) is 5.75 Å². The number of thioether (sulfide) groups is 1. The molecule has 2 aliphatic heterocycles. The molecule has 0 spiro atoms. The Morgan fingerprint density at radius 3 is 2.27 bits per heavy atom. The maximum atomic E-state index is 13.0. The lowest BCUT2D eigenvalue weighted by atomic mass is 10.1. The van der Waals surface area contributed by atoms with Gasteiger partial charge in [0.2, 0.25) is 10.0 Å². The molecule has 1 aromatic rings. The molecule has 2 saturated heterocycles. The second-order valence-corrected chi connectivity index (χ2v) is 8.93. The van der Waals surface area contributed by atoms with E-state index in [0.717, 1.165) is 25.7 Å². The molecule has 4 nitrogen and oxygen atoms in total. The maximum absolute atomic E-state index is 13.0. The second kappa shape index (κ2) is 6.42. The molecule has 3 rings (SSSR count). The first-order valence-electron chi connectivity index (χ1n) is 7.85. The fourth-order valence-electron chi connectivity index (χ4n) is 3.67. The number of benzene rings is 1. The van der Waals surface area contributed by atoms with Crippen LogP contribution in [0.5, 0.6) is 5.75 Å². The molecule has 2 heterocycles. The zero-order valence-electron chi connectivity index (χ0n) is 13.1. The Morgan fingerprint density at radius 1 is 1.18 bits per heavy atom. The van der Waals surface area contributed by atoms with Gasteiger partial charge in [0, 0.05) is 17.3 Å². The van der Waals surface area contributed by atoms with Crippen molar-refractivity contribution in [1.82, 2.24) is 4.31 Å². The molecule has 0 radical (unpaired) electrons. The summed E-state index contributed by atoms with van der Waals surface area (Å²) in [6, 6.07) is 7.17. The molecule has 2 bridgehead atoms. The van der Waals surface area contributed by atoms with Crippen molar-refractivity contribution in [2.45, 2.75) is 54.8 Å². The molecule has 6 heteroatoms. The zero-order chi connectivity index (χ0) is 15.7. The summed E-state index contributed by atoms with van der Waals surface area (Å²) in [6.07, 6.45) is 6.08. The number of piperidine rings is 1. The van der Waals surface area contributed by atoms with Crippen molar-refractivity contribution in [2.24, 2.45) is 0 Å². The third-order valence-corrected chi connectivity index (χ3v) is 7.74. The van der Waals surface area contributed by atoms with Crippen LogP contribution in [0.25, 0.3) is 0 Å². The highest BCUT2D eigenvalue weighted by molar-refractivity contribution is 7.99. The maximum Gasteiger partial charge on any atom is 0.243 e. The van der Waals surface area contributed by atoms with Crippen LogP contribution < -0.4 is 4.74 Å². The van der Waals surface area contributed by atoms with Crippen molar-refractivity contribution in [3.8, 4) is 5.75 Å². The lowest BCUT2D eigenvalue weighted by molar-refractivity contribution is 0.253. The fourth-order valence-corrected chi connectivity index (χ4v) is 6.39. The van der Waals surface area contributed by atoms with Gasteiger partial charge in [0.05, 0.1) is 11.5 Å². The number of fused-ring (bicyclic) bond motifs is 2. The van der Waals surface area contributed by atoms with Crippen molar-refractivity contribution in [3.05, 3.63) is 24.3 Å². The Hall–Kier alpha value is -0.720. The lowest BCUT2D eigenvalue weighted by Gasteiger charge is -2.37. The third kappa shape index (κ3) is 2.88. The Labute approximate surface area is 137 Å². The van der Waals surface area contributed by atoms with Crippen LogP contribution in [0.3, 0.4) is 0 Å². The van der Waals surface area contributed by atoms with Gasteiger partial charge >= 0.3 is 0 Å². The minimum atomic E-state index is -3.39. The van der Waals surface area contributed by atoms with Crippen LogP contribution in [0.2, 0.25) is 0 Å². The Bertz CT molecular complexity index is 601. The average Bonchev–Trinajstić information content (AvgIpc) is 2.80. The number of sulfonamides is 1. The molecule has 1 aromatic carbocycles. The van der Waals surface area contributed by atoms with E-state index in [9.17, 15) is 8.42 Å². The summed E-state index contributed by atoms with van der Waals surface area (Å²) in [4.78, 5) is 0.385. The lowest BCUT2D eigenvalue weighted by Crippen LogP contribution is -2.47. The predicted molar refractivity (Wildman–Crippen MR) is 90.0 cm³/mol. The molecule has 122 valence electrons. The number of ether oxygens (including phenoxy) is 1. The minimum absolute atomic E-state index is 0.174. The van der Waals surface area contributed by atoms with Crippen molar-refractivity contribution < 1.29 is 13.2 Å². The Balaban J connectivity index is 1.84. The van der Waals surface area contributed by atoms with Crippen molar-refractivity contribution in [2.75, 3.05) is 12.9 Å². The van der Waals surface area contributed by atoms with E-state index in [1.54, 1.807) is 28.6 Å². The fraction of sp³-hybridized carbons (Fsp3) is 0.625. The summed E-state index contributed by atoms with van der Waals surface area (Å²) in [5.41, 5.74) is 0. The standard InChI is InChI=1S/C16H23NO3S2/c1-3-20-14-6-8-16(9-7-14)22(18,19)17-12-4-5-13(17)11-15(10-12)21-2/h6-9,12-13,15H,3-5,10-11H2,1-2H3. The molecule has 0 N–H and O–H groups in total. The van der Waals surface area contributed by atoms with Crippen LogP contribution in [-0.4, -0.2) is 42.9 Å². The summed E-state index contributed by atoms with van der Waals surface area (Å²) < 4.78 is 33.2. The molecule has 2 unspecified atom stereocenters. The average molecular weight is 341 g/mol. The van der Waals surface area contributed by atoms with Crippen molar-refractivity contribution >= 4 is 21.8 Å². The molecule has 2 fully saturated rings. The molecule has 0 amide bonds. The molecular formula is C16H23NO3S2. The van der Waals surface area contributed by atoms with Gasteiger partial charge in [-0.1, -0.05) is 0 Å². The van der Waals surface area contributed by atoms with Gasteiger partial charge in [-0.25, -0.2) is 8.42 Å². The highest BCUT2D eigenvalue weighted by Crippen LogP contribution is 2.42. The van der Waals surface area contributed by atoms with Gasteiger partial charge in [0.15, 0.2) is 0 Å². The number of nitrogens with zero attached hydrogens (tertiary/aromatic N) is 1. The first kappa shape index (κ1) is 16.1. The summed E-state index contributed by atoms with van der Waals surface area (Å²) in [5, 5.41) is 0.601. The van der Waals surface area contributed by atoms with Crippen molar-refractivity contribution in [3.63, 3.8) is 0 Å². The van der Waals surface area contributed by atoms with Gasteiger partial charge in [-0.2, -0.15) is 16.1 Å². The van der Waals surface area contributed by atoms with Crippen LogP contribution in [0.15, 0.2) is 29.2 Å². The summed E-state index contributed by atoms with van der Waals surface area (Å²) >= 11 is 1.87. The Kier molecular flexibility index (Phi) is 4.71. The van der Waals surface area contributed by atoms with Gasteiger partial charge < -0.3 is 4.74 Å².